The van der Waals surface area contributed by atoms with E-state index in [0.717, 1.165) is 4.91 Å². The lowest BCUT2D eigenvalue weighted by Crippen LogP contribution is -2.23. The number of nitrogens with two attached hydrogens (primary N) is 1. The molecule has 0 aliphatic carbocycles. The Kier molecular flexibility index (Phi) is 6.84. The third-order valence-corrected chi connectivity index (χ3v) is 1.48. The number of aliphatic hydroxyl groups is 1. The summed E-state index contributed by atoms with van der Waals surface area (Å²) in [6.07, 6.45) is 2.79. The Balaban J connectivity index is 3.74. The molecule has 0 radical (unpaired) electrons. The van der Waals surface area contributed by atoms with Gasteiger partial charge in [-0.1, -0.05) is 0 Å². The van der Waals surface area contributed by atoms with Gasteiger partial charge in [0, 0.05) is 24.2 Å². The molecule has 0 saturated carbocycles. The first-order valence-electron chi connectivity index (χ1n) is 3.61. The summed E-state index contributed by atoms with van der Waals surface area (Å²) in [6.45, 7) is 1.45. The van der Waals surface area contributed by atoms with E-state index in [2.05, 4.69) is 17.6 Å². The number of thiol groups is 1. The second-order valence-corrected chi connectivity index (χ2v) is 2.95. The van der Waals surface area contributed by atoms with Crippen LogP contribution in [0.25, 0.3) is 0 Å². The normalized spacial score (nSPS) is 13.2. The molecule has 0 fully saturated rings. The lowest BCUT2D eigenvalue weighted by molar-refractivity contribution is 0.231. The van der Waals surface area contributed by atoms with Gasteiger partial charge in [0.15, 0.2) is 0 Å². The summed E-state index contributed by atoms with van der Waals surface area (Å²) in [4.78, 5) is 6.46. The number of likely N-dealkylation sites (N-methyl/N-ethyl adjacent to an activating group) is 1. The summed E-state index contributed by atoms with van der Waals surface area (Å²) < 4.78 is 0. The Morgan fingerprint density at radius 1 is 1.75 bits per heavy atom. The van der Waals surface area contributed by atoms with Gasteiger partial charge in [-0.05, 0) is 7.05 Å². The molecule has 0 amide bonds. The van der Waals surface area contributed by atoms with E-state index in [9.17, 15) is 0 Å². The molecule has 0 heterocycles. The summed E-state index contributed by atoms with van der Waals surface area (Å²) in [6, 6.07) is 0. The van der Waals surface area contributed by atoms with Crippen molar-refractivity contribution in [2.75, 3.05) is 26.7 Å². The maximum absolute atomic E-state index is 8.59. The molecule has 12 heavy (non-hydrogen) atoms. The second-order valence-electron chi connectivity index (χ2n) is 2.38. The Morgan fingerprint density at radius 2 is 2.42 bits per heavy atom. The molecular weight excluding hydrogens is 174 g/mol. The van der Waals surface area contributed by atoms with E-state index in [1.54, 1.807) is 6.20 Å². The molecule has 3 N–H and O–H groups in total. The Bertz CT molecular complexity index is 170. The molecular formula is C7H15N3OS. The molecule has 0 rings (SSSR count). The number of aliphatic hydroxyl groups excluding tert-OH is 1. The minimum atomic E-state index is 0.151. The molecule has 0 aromatic heterocycles. The number of rotatable bonds is 5. The molecule has 0 saturated heterocycles. The van der Waals surface area contributed by atoms with Crippen molar-refractivity contribution >= 4 is 19.0 Å². The summed E-state index contributed by atoms with van der Waals surface area (Å²) in [5.41, 5.74) is 5.04. The van der Waals surface area contributed by atoms with Gasteiger partial charge in [-0.15, -0.1) is 12.6 Å². The molecule has 0 aliphatic heterocycles. The quantitative estimate of drug-likeness (QED) is 0.315. The van der Waals surface area contributed by atoms with E-state index in [4.69, 9.17) is 10.8 Å². The van der Waals surface area contributed by atoms with Gasteiger partial charge in [-0.2, -0.15) is 0 Å². The monoisotopic (exact) mass is 189 g/mol. The van der Waals surface area contributed by atoms with Crippen molar-refractivity contribution < 1.29 is 5.11 Å². The smallest absolute Gasteiger partial charge is 0.0853 e. The topological polar surface area (TPSA) is 61.8 Å². The van der Waals surface area contributed by atoms with Crippen molar-refractivity contribution in [1.29, 1.82) is 0 Å². The van der Waals surface area contributed by atoms with Gasteiger partial charge in [0.05, 0.1) is 12.9 Å². The van der Waals surface area contributed by atoms with Crippen molar-refractivity contribution in [3.63, 3.8) is 0 Å². The zero-order chi connectivity index (χ0) is 9.40. The standard InChI is InChI=1S/C7H15N3OS/c1-10(2-3-11)5-7(12)4-9-6-8/h4,6,11-12H,2-3,5H2,1H3,(H2,8,9)/b7-4-. The predicted octanol–water partition coefficient (Wildman–Crippen LogP) is -0.331. The van der Waals surface area contributed by atoms with E-state index >= 15 is 0 Å². The zero-order valence-corrected chi connectivity index (χ0v) is 8.04. The zero-order valence-electron chi connectivity index (χ0n) is 7.14. The number of nitrogens with zero attached hydrogens (tertiary/aromatic N) is 2. The van der Waals surface area contributed by atoms with Crippen LogP contribution in [-0.4, -0.2) is 43.1 Å². The Hall–Kier alpha value is -0.520. The third kappa shape index (κ3) is 6.21. The number of aliphatic imine (C=N–C) groups is 1. The highest BCUT2D eigenvalue weighted by atomic mass is 32.1. The predicted molar refractivity (Wildman–Crippen MR) is 54.3 cm³/mol. The minimum absolute atomic E-state index is 0.151. The van der Waals surface area contributed by atoms with Crippen molar-refractivity contribution in [2.45, 2.75) is 0 Å². The lowest BCUT2D eigenvalue weighted by Gasteiger charge is -2.13. The van der Waals surface area contributed by atoms with Crippen LogP contribution in [0.3, 0.4) is 0 Å². The molecule has 0 unspecified atom stereocenters. The molecule has 5 heteroatoms. The van der Waals surface area contributed by atoms with Crippen molar-refractivity contribution in [1.82, 2.24) is 4.90 Å². The molecule has 0 aliphatic rings. The van der Waals surface area contributed by atoms with E-state index in [1.807, 2.05) is 11.9 Å². The van der Waals surface area contributed by atoms with Crippen LogP contribution >= 0.6 is 12.6 Å². The molecule has 0 aromatic rings. The summed E-state index contributed by atoms with van der Waals surface area (Å²) in [7, 11) is 1.90. The van der Waals surface area contributed by atoms with Crippen LogP contribution in [-0.2, 0) is 0 Å². The van der Waals surface area contributed by atoms with Crippen LogP contribution in [0.1, 0.15) is 0 Å². The van der Waals surface area contributed by atoms with Gasteiger partial charge in [0.25, 0.3) is 0 Å². The van der Waals surface area contributed by atoms with Crippen molar-refractivity contribution in [3.05, 3.63) is 11.1 Å². The SMILES string of the molecule is CN(CCO)C/C(S)=C/N=C/N. The minimum Gasteiger partial charge on any atom is -0.395 e. The first-order chi connectivity index (χ1) is 5.70. The average molecular weight is 189 g/mol. The van der Waals surface area contributed by atoms with E-state index in [0.29, 0.717) is 13.1 Å². The Labute approximate surface area is 78.2 Å². The van der Waals surface area contributed by atoms with Crippen LogP contribution in [0.5, 0.6) is 0 Å². The summed E-state index contributed by atoms with van der Waals surface area (Å²) in [5, 5.41) is 8.59. The maximum Gasteiger partial charge on any atom is 0.0853 e. The molecule has 70 valence electrons. The molecule has 0 atom stereocenters. The first kappa shape index (κ1) is 11.5. The maximum atomic E-state index is 8.59. The average Bonchev–Trinajstić information content (AvgIpc) is 2.01. The summed E-state index contributed by atoms with van der Waals surface area (Å²) >= 11 is 4.16. The van der Waals surface area contributed by atoms with Gasteiger partial charge in [-0.25, -0.2) is 4.99 Å². The van der Waals surface area contributed by atoms with Crippen LogP contribution in [0.4, 0.5) is 0 Å². The molecule has 0 spiro atoms. The van der Waals surface area contributed by atoms with Crippen LogP contribution in [0.2, 0.25) is 0 Å². The van der Waals surface area contributed by atoms with Gasteiger partial charge >= 0.3 is 0 Å². The fraction of sp³-hybridized carbons (Fsp3) is 0.571. The van der Waals surface area contributed by atoms with Gasteiger partial charge < -0.3 is 10.8 Å². The highest BCUT2D eigenvalue weighted by Gasteiger charge is 1.97. The highest BCUT2D eigenvalue weighted by molar-refractivity contribution is 7.84. The largest absolute Gasteiger partial charge is 0.395 e. The highest BCUT2D eigenvalue weighted by Crippen LogP contribution is 2.01. The molecule has 0 aromatic carbocycles. The fourth-order valence-electron chi connectivity index (χ4n) is 0.696. The van der Waals surface area contributed by atoms with Crippen LogP contribution in [0.15, 0.2) is 16.1 Å². The van der Waals surface area contributed by atoms with Gasteiger partial charge in [0.2, 0.25) is 0 Å². The van der Waals surface area contributed by atoms with Gasteiger partial charge in [-0.3, -0.25) is 4.90 Å². The van der Waals surface area contributed by atoms with E-state index in [1.165, 1.54) is 6.34 Å². The second kappa shape index (κ2) is 7.15. The Morgan fingerprint density at radius 3 is 2.92 bits per heavy atom. The summed E-state index contributed by atoms with van der Waals surface area (Å²) in [5.74, 6) is 0. The van der Waals surface area contributed by atoms with Gasteiger partial charge in [0.1, 0.15) is 0 Å². The molecule has 4 nitrogen and oxygen atoms in total. The molecule has 0 bridgehead atoms. The van der Waals surface area contributed by atoms with E-state index in [-0.39, 0.29) is 6.61 Å². The third-order valence-electron chi connectivity index (χ3n) is 1.22. The lowest BCUT2D eigenvalue weighted by atomic mass is 10.5. The van der Waals surface area contributed by atoms with E-state index < -0.39 is 0 Å². The number of hydrogen-bond donors (Lipinski definition) is 3. The van der Waals surface area contributed by atoms with Crippen molar-refractivity contribution in [2.24, 2.45) is 10.7 Å². The van der Waals surface area contributed by atoms with Crippen molar-refractivity contribution in [3.8, 4) is 0 Å². The van der Waals surface area contributed by atoms with Crippen LogP contribution in [0, 0.1) is 0 Å². The fourth-order valence-corrected chi connectivity index (χ4v) is 1.00. The first-order valence-corrected chi connectivity index (χ1v) is 4.06. The number of hydrogen-bond acceptors (Lipinski definition) is 4. The van der Waals surface area contributed by atoms with Crippen LogP contribution < -0.4 is 5.73 Å².